The molecule has 1 fully saturated rings. The van der Waals surface area contributed by atoms with Gasteiger partial charge in [0.15, 0.2) is 0 Å². The van der Waals surface area contributed by atoms with E-state index in [4.69, 9.17) is 9.84 Å². The number of rotatable bonds is 7. The summed E-state index contributed by atoms with van der Waals surface area (Å²) in [5.74, 6) is -0.955. The minimum absolute atomic E-state index is 0.107. The van der Waals surface area contributed by atoms with Gasteiger partial charge >= 0.3 is 12.1 Å². The maximum Gasteiger partial charge on any atom is 0.410 e. The second-order valence-corrected chi connectivity index (χ2v) is 6.09. The molecule has 1 unspecified atom stereocenters. The lowest BCUT2D eigenvalue weighted by Gasteiger charge is -2.38. The molecule has 0 spiro atoms. The number of amides is 2. The van der Waals surface area contributed by atoms with Gasteiger partial charge in [0.1, 0.15) is 12.6 Å². The van der Waals surface area contributed by atoms with Gasteiger partial charge in [-0.25, -0.2) is 4.79 Å². The Labute approximate surface area is 147 Å². The van der Waals surface area contributed by atoms with Crippen molar-refractivity contribution in [1.82, 2.24) is 9.80 Å². The van der Waals surface area contributed by atoms with E-state index in [1.807, 2.05) is 30.3 Å². The zero-order valence-corrected chi connectivity index (χ0v) is 14.4. The van der Waals surface area contributed by atoms with Crippen LogP contribution in [0.3, 0.4) is 0 Å². The number of ether oxygens (including phenoxy) is 1. The number of hydrogen-bond acceptors (Lipinski definition) is 4. The fraction of sp³-hybridized carbons (Fsp3) is 0.500. The van der Waals surface area contributed by atoms with Crippen LogP contribution in [-0.2, 0) is 20.9 Å². The maximum atomic E-state index is 12.4. The van der Waals surface area contributed by atoms with E-state index in [1.54, 1.807) is 11.8 Å². The van der Waals surface area contributed by atoms with Gasteiger partial charge in [0.2, 0.25) is 5.91 Å². The first kappa shape index (κ1) is 18.8. The van der Waals surface area contributed by atoms with Crippen LogP contribution in [0.5, 0.6) is 0 Å². The Kier molecular flexibility index (Phi) is 6.80. The van der Waals surface area contributed by atoms with Crippen molar-refractivity contribution in [3.05, 3.63) is 35.9 Å². The molecule has 1 aliphatic heterocycles. The summed E-state index contributed by atoms with van der Waals surface area (Å²) in [5, 5.41) is 8.63. The summed E-state index contributed by atoms with van der Waals surface area (Å²) in [7, 11) is 0. The number of carboxylic acids is 1. The molecule has 2 rings (SSSR count). The van der Waals surface area contributed by atoms with E-state index in [2.05, 4.69) is 0 Å². The molecule has 0 aromatic heterocycles. The molecule has 1 aliphatic rings. The molecule has 7 nitrogen and oxygen atoms in total. The second-order valence-electron chi connectivity index (χ2n) is 6.09. The molecule has 1 N–H and O–H groups in total. The van der Waals surface area contributed by atoms with E-state index in [-0.39, 0.29) is 18.9 Å². The molecule has 25 heavy (non-hydrogen) atoms. The van der Waals surface area contributed by atoms with Crippen molar-refractivity contribution in [3.8, 4) is 0 Å². The molecule has 1 saturated heterocycles. The Hall–Kier alpha value is -2.57. The van der Waals surface area contributed by atoms with Crippen LogP contribution < -0.4 is 0 Å². The number of unbranched alkanes of at least 4 members (excludes halogenated alkanes) is 1. The van der Waals surface area contributed by atoms with Crippen LogP contribution in [0, 0.1) is 0 Å². The van der Waals surface area contributed by atoms with Crippen LogP contribution in [0.2, 0.25) is 0 Å². The first-order valence-corrected chi connectivity index (χ1v) is 8.47. The van der Waals surface area contributed by atoms with Gasteiger partial charge in [-0.05, 0) is 25.3 Å². The summed E-state index contributed by atoms with van der Waals surface area (Å²) < 4.78 is 5.30. The third kappa shape index (κ3) is 5.48. The molecule has 0 radical (unpaired) electrons. The molecule has 1 atom stereocenters. The zero-order chi connectivity index (χ0) is 18.2. The van der Waals surface area contributed by atoms with Crippen molar-refractivity contribution in [2.24, 2.45) is 0 Å². The van der Waals surface area contributed by atoms with Gasteiger partial charge in [-0.3, -0.25) is 14.5 Å². The molecular weight excluding hydrogens is 324 g/mol. The average molecular weight is 348 g/mol. The van der Waals surface area contributed by atoms with Crippen LogP contribution in [0.15, 0.2) is 30.3 Å². The highest BCUT2D eigenvalue weighted by Gasteiger charge is 2.34. The van der Waals surface area contributed by atoms with Crippen molar-refractivity contribution in [1.29, 1.82) is 0 Å². The molecule has 7 heteroatoms. The van der Waals surface area contributed by atoms with E-state index >= 15 is 0 Å². The first-order valence-electron chi connectivity index (χ1n) is 8.47. The Bertz CT molecular complexity index is 605. The zero-order valence-electron chi connectivity index (χ0n) is 14.4. The normalized spacial score (nSPS) is 17.5. The Morgan fingerprint density at radius 2 is 1.92 bits per heavy atom. The number of carbonyl (C=O) groups excluding carboxylic acids is 2. The molecule has 0 aliphatic carbocycles. The van der Waals surface area contributed by atoms with E-state index in [0.717, 1.165) is 5.56 Å². The standard InChI is InChI=1S/C18H24N2O5/c1-14-17(23)19(10-6-5-9-16(21)22)11-12-20(14)18(24)25-13-15-7-3-2-4-8-15/h2-4,7-8,14H,5-6,9-13H2,1H3,(H,21,22). The maximum absolute atomic E-state index is 12.4. The Balaban J connectivity index is 1.79. The highest BCUT2D eigenvalue weighted by Crippen LogP contribution is 2.14. The summed E-state index contributed by atoms with van der Waals surface area (Å²) in [6.45, 7) is 3.24. The van der Waals surface area contributed by atoms with Crippen LogP contribution in [0.4, 0.5) is 4.79 Å². The van der Waals surface area contributed by atoms with Gasteiger partial charge in [0.05, 0.1) is 0 Å². The number of hydrogen-bond donors (Lipinski definition) is 1. The van der Waals surface area contributed by atoms with E-state index in [9.17, 15) is 14.4 Å². The lowest BCUT2D eigenvalue weighted by Crippen LogP contribution is -2.57. The molecule has 1 aromatic carbocycles. The summed E-state index contributed by atoms with van der Waals surface area (Å²) in [6, 6.07) is 8.81. The summed E-state index contributed by atoms with van der Waals surface area (Å²) >= 11 is 0. The fourth-order valence-corrected chi connectivity index (χ4v) is 2.78. The number of piperazine rings is 1. The smallest absolute Gasteiger partial charge is 0.410 e. The third-order valence-corrected chi connectivity index (χ3v) is 4.26. The Morgan fingerprint density at radius 1 is 1.20 bits per heavy atom. The number of aliphatic carboxylic acids is 1. The second kappa shape index (κ2) is 9.05. The molecule has 2 amide bonds. The first-order chi connectivity index (χ1) is 12.0. The van der Waals surface area contributed by atoms with Crippen LogP contribution >= 0.6 is 0 Å². The quantitative estimate of drug-likeness (QED) is 0.763. The van der Waals surface area contributed by atoms with Crippen molar-refractivity contribution >= 4 is 18.0 Å². The van der Waals surface area contributed by atoms with Crippen LogP contribution in [0.25, 0.3) is 0 Å². The third-order valence-electron chi connectivity index (χ3n) is 4.26. The predicted octanol–water partition coefficient (Wildman–Crippen LogP) is 2.11. The Morgan fingerprint density at radius 3 is 2.60 bits per heavy atom. The largest absolute Gasteiger partial charge is 0.481 e. The minimum Gasteiger partial charge on any atom is -0.481 e. The number of carboxylic acid groups (broad SMARTS) is 1. The molecular formula is C18H24N2O5. The lowest BCUT2D eigenvalue weighted by atomic mass is 10.1. The van der Waals surface area contributed by atoms with Crippen LogP contribution in [0.1, 0.15) is 31.7 Å². The van der Waals surface area contributed by atoms with Crippen molar-refractivity contribution < 1.29 is 24.2 Å². The lowest BCUT2D eigenvalue weighted by molar-refractivity contribution is -0.140. The molecule has 1 heterocycles. The van der Waals surface area contributed by atoms with Gasteiger partial charge in [-0.1, -0.05) is 30.3 Å². The molecule has 136 valence electrons. The summed E-state index contributed by atoms with van der Waals surface area (Å²) in [6.07, 6.45) is 0.796. The topological polar surface area (TPSA) is 87.2 Å². The SMILES string of the molecule is CC1C(=O)N(CCCCC(=O)O)CCN1C(=O)OCc1ccccc1. The van der Waals surface area contributed by atoms with Gasteiger partial charge in [-0.15, -0.1) is 0 Å². The van der Waals surface area contributed by atoms with Crippen molar-refractivity contribution in [2.75, 3.05) is 19.6 Å². The van der Waals surface area contributed by atoms with E-state index < -0.39 is 18.1 Å². The molecule has 1 aromatic rings. The monoisotopic (exact) mass is 348 g/mol. The van der Waals surface area contributed by atoms with Gasteiger partial charge in [-0.2, -0.15) is 0 Å². The van der Waals surface area contributed by atoms with Crippen molar-refractivity contribution in [3.63, 3.8) is 0 Å². The predicted molar refractivity (Wildman–Crippen MR) is 90.9 cm³/mol. The van der Waals surface area contributed by atoms with E-state index in [1.165, 1.54) is 4.90 Å². The van der Waals surface area contributed by atoms with Gasteiger partial charge < -0.3 is 14.7 Å². The number of nitrogens with zero attached hydrogens (tertiary/aromatic N) is 2. The highest BCUT2D eigenvalue weighted by atomic mass is 16.6. The minimum atomic E-state index is -0.828. The number of carbonyl (C=O) groups is 3. The van der Waals surface area contributed by atoms with Crippen LogP contribution in [-0.4, -0.2) is 58.6 Å². The number of benzene rings is 1. The van der Waals surface area contributed by atoms with Gasteiger partial charge in [0, 0.05) is 26.1 Å². The summed E-state index contributed by atoms with van der Waals surface area (Å²) in [4.78, 5) is 38.3. The van der Waals surface area contributed by atoms with Gasteiger partial charge in [0.25, 0.3) is 0 Å². The fourth-order valence-electron chi connectivity index (χ4n) is 2.78. The van der Waals surface area contributed by atoms with Crippen molar-refractivity contribution in [2.45, 2.75) is 38.8 Å². The average Bonchev–Trinajstić information content (AvgIpc) is 2.61. The highest BCUT2D eigenvalue weighted by molar-refractivity contribution is 5.86. The summed E-state index contributed by atoms with van der Waals surface area (Å²) in [5.41, 5.74) is 0.895. The molecule has 0 saturated carbocycles. The van der Waals surface area contributed by atoms with E-state index in [0.29, 0.717) is 32.5 Å². The molecule has 0 bridgehead atoms.